The van der Waals surface area contributed by atoms with E-state index in [4.69, 9.17) is 9.31 Å². The fourth-order valence-electron chi connectivity index (χ4n) is 3.21. The molecule has 1 fully saturated rings. The minimum atomic E-state index is -0.846. The second-order valence-corrected chi connectivity index (χ2v) is 7.67. The molecule has 0 spiro atoms. The Hall–Kier alpha value is -2.25. The first-order valence-electron chi connectivity index (χ1n) is 8.61. The monoisotopic (exact) mass is 354 g/mol. The van der Waals surface area contributed by atoms with Gasteiger partial charge in [-0.25, -0.2) is 9.37 Å². The van der Waals surface area contributed by atoms with E-state index in [1.54, 1.807) is 12.1 Å². The summed E-state index contributed by atoms with van der Waals surface area (Å²) in [5.74, 6) is -0.844. The normalized spacial score (nSPS) is 20.6. The molecule has 2 aliphatic heterocycles. The Kier molecular flexibility index (Phi) is 3.72. The summed E-state index contributed by atoms with van der Waals surface area (Å²) < 4.78 is 27.1. The molecule has 0 aliphatic carbocycles. The van der Waals surface area contributed by atoms with Gasteiger partial charge in [-0.05, 0) is 45.4 Å². The molecule has 5 nitrogen and oxygen atoms in total. The number of carbonyl (C=O) groups excluding carboxylic acids is 1. The van der Waals surface area contributed by atoms with E-state index in [0.717, 1.165) is 5.56 Å². The Labute approximate surface area is 152 Å². The van der Waals surface area contributed by atoms with Gasteiger partial charge in [0.05, 0.1) is 17.7 Å². The number of aromatic nitrogens is 1. The van der Waals surface area contributed by atoms with Crippen molar-refractivity contribution in [2.45, 2.75) is 45.4 Å². The summed E-state index contributed by atoms with van der Waals surface area (Å²) in [6, 6.07) is 8.80. The minimum absolute atomic E-state index is 0.00147. The van der Waals surface area contributed by atoms with Crippen LogP contribution >= 0.6 is 0 Å². The fourth-order valence-corrected chi connectivity index (χ4v) is 3.21. The first-order valence-corrected chi connectivity index (χ1v) is 8.61. The zero-order chi connectivity index (χ0) is 18.7. The quantitative estimate of drug-likeness (QED) is 0.779. The lowest BCUT2D eigenvalue weighted by molar-refractivity contribution is 0.00578. The van der Waals surface area contributed by atoms with Crippen molar-refractivity contribution < 1.29 is 18.5 Å². The highest BCUT2D eigenvalue weighted by Gasteiger charge is 2.52. The summed E-state index contributed by atoms with van der Waals surface area (Å²) in [6.45, 7) is 7.94. The second kappa shape index (κ2) is 5.63. The van der Waals surface area contributed by atoms with Gasteiger partial charge in [0.1, 0.15) is 0 Å². The lowest BCUT2D eigenvalue weighted by Gasteiger charge is -2.32. The summed E-state index contributed by atoms with van der Waals surface area (Å²) >= 11 is 0. The van der Waals surface area contributed by atoms with Gasteiger partial charge in [-0.15, -0.1) is 0 Å². The molecule has 2 aliphatic rings. The van der Waals surface area contributed by atoms with Crippen molar-refractivity contribution in [2.75, 3.05) is 4.90 Å². The molecule has 1 amide bonds. The van der Waals surface area contributed by atoms with E-state index < -0.39 is 24.1 Å². The zero-order valence-electron chi connectivity index (χ0n) is 15.2. The first kappa shape index (κ1) is 17.2. The largest absolute Gasteiger partial charge is 0.498 e. The summed E-state index contributed by atoms with van der Waals surface area (Å²) in [4.78, 5) is 18.1. The third-order valence-electron chi connectivity index (χ3n) is 5.48. The number of amides is 1. The highest BCUT2D eigenvalue weighted by Crippen LogP contribution is 2.37. The third-order valence-corrected chi connectivity index (χ3v) is 5.48. The molecular weight excluding hydrogens is 334 g/mol. The highest BCUT2D eigenvalue weighted by molar-refractivity contribution is 6.62. The SMILES string of the molecule is CC1(C)OB(c2ccnc(N3Cc4ccccc4C3=O)c2F)OC1(C)C. The number of fused-ring (bicyclic) bond motifs is 1. The summed E-state index contributed by atoms with van der Waals surface area (Å²) in [6.07, 6.45) is 1.48. The number of pyridine rings is 1. The van der Waals surface area contributed by atoms with Gasteiger partial charge >= 0.3 is 7.12 Å². The van der Waals surface area contributed by atoms with E-state index in [1.807, 2.05) is 39.8 Å². The van der Waals surface area contributed by atoms with E-state index >= 15 is 4.39 Å². The minimum Gasteiger partial charge on any atom is -0.399 e. The van der Waals surface area contributed by atoms with Crippen molar-refractivity contribution in [1.82, 2.24) is 4.98 Å². The van der Waals surface area contributed by atoms with Gasteiger partial charge in [-0.2, -0.15) is 0 Å². The molecule has 0 atom stereocenters. The first-order chi connectivity index (χ1) is 12.2. The average Bonchev–Trinajstić information content (AvgIpc) is 3.01. The highest BCUT2D eigenvalue weighted by atomic mass is 19.1. The van der Waals surface area contributed by atoms with E-state index in [0.29, 0.717) is 12.1 Å². The molecule has 0 unspecified atom stereocenters. The van der Waals surface area contributed by atoms with Gasteiger partial charge in [-0.1, -0.05) is 18.2 Å². The van der Waals surface area contributed by atoms with Crippen molar-refractivity contribution in [3.05, 3.63) is 53.5 Å². The molecule has 1 aromatic carbocycles. The lowest BCUT2D eigenvalue weighted by atomic mass is 9.79. The van der Waals surface area contributed by atoms with Crippen LogP contribution in [0.15, 0.2) is 36.5 Å². The molecule has 0 radical (unpaired) electrons. The van der Waals surface area contributed by atoms with Crippen LogP contribution < -0.4 is 10.4 Å². The molecule has 2 aromatic rings. The van der Waals surface area contributed by atoms with Crippen molar-refractivity contribution in [3.63, 3.8) is 0 Å². The number of rotatable bonds is 2. The van der Waals surface area contributed by atoms with Crippen molar-refractivity contribution in [2.24, 2.45) is 0 Å². The van der Waals surface area contributed by atoms with Crippen LogP contribution in [0, 0.1) is 5.82 Å². The van der Waals surface area contributed by atoms with Crippen LogP contribution in [0.1, 0.15) is 43.6 Å². The Balaban J connectivity index is 1.70. The van der Waals surface area contributed by atoms with Crippen LogP contribution in [0.25, 0.3) is 0 Å². The number of benzene rings is 1. The Morgan fingerprint density at radius 3 is 2.42 bits per heavy atom. The van der Waals surface area contributed by atoms with Gasteiger partial charge in [0, 0.05) is 17.2 Å². The molecule has 134 valence electrons. The van der Waals surface area contributed by atoms with Crippen LogP contribution in [-0.2, 0) is 15.9 Å². The van der Waals surface area contributed by atoms with E-state index in [1.165, 1.54) is 17.2 Å². The van der Waals surface area contributed by atoms with E-state index in [9.17, 15) is 4.79 Å². The average molecular weight is 354 g/mol. The van der Waals surface area contributed by atoms with Gasteiger partial charge in [-0.3, -0.25) is 9.69 Å². The number of hydrogen-bond acceptors (Lipinski definition) is 4. The molecule has 4 rings (SSSR count). The van der Waals surface area contributed by atoms with Crippen molar-refractivity contribution in [1.29, 1.82) is 0 Å². The predicted molar refractivity (Wildman–Crippen MR) is 96.9 cm³/mol. The number of carbonyl (C=O) groups is 1. The summed E-state index contributed by atoms with van der Waals surface area (Å²) in [5, 5.41) is 0. The van der Waals surface area contributed by atoms with Crippen LogP contribution in [0.5, 0.6) is 0 Å². The van der Waals surface area contributed by atoms with E-state index in [-0.39, 0.29) is 17.2 Å². The number of anilines is 1. The predicted octanol–water partition coefficient (Wildman–Crippen LogP) is 2.68. The molecule has 0 N–H and O–H groups in total. The Morgan fingerprint density at radius 1 is 1.12 bits per heavy atom. The van der Waals surface area contributed by atoms with Gasteiger partial charge in [0.25, 0.3) is 5.91 Å². The van der Waals surface area contributed by atoms with Gasteiger partial charge in [0.2, 0.25) is 0 Å². The number of hydrogen-bond donors (Lipinski definition) is 0. The van der Waals surface area contributed by atoms with Crippen molar-refractivity contribution >= 4 is 24.3 Å². The Bertz CT molecular complexity index is 884. The maximum atomic E-state index is 15.3. The number of halogens is 1. The zero-order valence-corrected chi connectivity index (χ0v) is 15.2. The molecule has 7 heteroatoms. The molecule has 3 heterocycles. The molecule has 1 aromatic heterocycles. The molecule has 0 saturated carbocycles. The maximum absolute atomic E-state index is 15.3. The Morgan fingerprint density at radius 2 is 1.77 bits per heavy atom. The number of nitrogens with zero attached hydrogens (tertiary/aromatic N) is 2. The molecule has 26 heavy (non-hydrogen) atoms. The molecule has 1 saturated heterocycles. The fraction of sp³-hybridized carbons (Fsp3) is 0.368. The maximum Gasteiger partial charge on any atom is 0.498 e. The van der Waals surface area contributed by atoms with Crippen LogP contribution in [0.3, 0.4) is 0 Å². The second-order valence-electron chi connectivity index (χ2n) is 7.67. The van der Waals surface area contributed by atoms with Crippen LogP contribution in [0.2, 0.25) is 0 Å². The smallest absolute Gasteiger partial charge is 0.399 e. The van der Waals surface area contributed by atoms with Crippen LogP contribution in [0.4, 0.5) is 10.2 Å². The third kappa shape index (κ3) is 2.46. The topological polar surface area (TPSA) is 51.7 Å². The van der Waals surface area contributed by atoms with E-state index in [2.05, 4.69) is 4.98 Å². The van der Waals surface area contributed by atoms with Crippen LogP contribution in [-0.4, -0.2) is 29.2 Å². The van der Waals surface area contributed by atoms with Gasteiger partial charge in [0.15, 0.2) is 11.6 Å². The van der Waals surface area contributed by atoms with Crippen molar-refractivity contribution in [3.8, 4) is 0 Å². The molecular formula is C19H20BFN2O3. The standard InChI is InChI=1S/C19H20BFN2O3/c1-18(2)19(3,4)26-20(25-18)14-9-10-22-16(15(14)21)23-11-12-7-5-6-8-13(12)17(23)24/h5-10H,11H2,1-4H3. The lowest BCUT2D eigenvalue weighted by Crippen LogP contribution is -2.41. The van der Waals surface area contributed by atoms with Gasteiger partial charge < -0.3 is 9.31 Å². The summed E-state index contributed by atoms with van der Waals surface area (Å²) in [5.41, 5.74) is 0.535. The summed E-state index contributed by atoms with van der Waals surface area (Å²) in [7, 11) is -0.846. The molecule has 0 bridgehead atoms.